The van der Waals surface area contributed by atoms with Gasteiger partial charge in [0.1, 0.15) is 0 Å². The highest BCUT2D eigenvalue weighted by molar-refractivity contribution is 7.99. The van der Waals surface area contributed by atoms with Crippen molar-refractivity contribution in [3.63, 3.8) is 0 Å². The van der Waals surface area contributed by atoms with E-state index in [0.29, 0.717) is 5.88 Å². The van der Waals surface area contributed by atoms with Crippen LogP contribution in [0.1, 0.15) is 18.5 Å². The van der Waals surface area contributed by atoms with Gasteiger partial charge in [-0.2, -0.15) is 16.9 Å². The maximum atomic E-state index is 4.98. The first-order chi connectivity index (χ1) is 7.38. The summed E-state index contributed by atoms with van der Waals surface area (Å²) in [6.45, 7) is 0. The standard InChI is InChI=1S/C11H16N2OS/c1-14-11-5-4-10(12-13-11)7-9-3-2-6-15-8-9/h4-5,9H,2-3,6-8H2,1H3. The van der Waals surface area contributed by atoms with Crippen LogP contribution in [0.15, 0.2) is 12.1 Å². The first-order valence-corrected chi connectivity index (χ1v) is 6.48. The molecule has 0 aromatic carbocycles. The van der Waals surface area contributed by atoms with E-state index >= 15 is 0 Å². The van der Waals surface area contributed by atoms with Gasteiger partial charge in [-0.3, -0.25) is 0 Å². The Labute approximate surface area is 94.6 Å². The number of aromatic nitrogens is 2. The van der Waals surface area contributed by atoms with Gasteiger partial charge in [-0.15, -0.1) is 5.10 Å². The molecule has 82 valence electrons. The van der Waals surface area contributed by atoms with Crippen molar-refractivity contribution in [2.75, 3.05) is 18.6 Å². The largest absolute Gasteiger partial charge is 0.480 e. The number of nitrogens with zero attached hydrogens (tertiary/aromatic N) is 2. The molecule has 1 aliphatic rings. The SMILES string of the molecule is COc1ccc(CC2CCCSC2)nn1. The molecule has 1 fully saturated rings. The molecular weight excluding hydrogens is 208 g/mol. The lowest BCUT2D eigenvalue weighted by molar-refractivity contribution is 0.390. The fourth-order valence-corrected chi connectivity index (χ4v) is 2.98. The molecule has 1 saturated heterocycles. The molecule has 1 atom stereocenters. The van der Waals surface area contributed by atoms with Crippen molar-refractivity contribution in [3.05, 3.63) is 17.8 Å². The lowest BCUT2D eigenvalue weighted by Crippen LogP contribution is -2.14. The van der Waals surface area contributed by atoms with Crippen molar-refractivity contribution in [3.8, 4) is 5.88 Å². The zero-order valence-corrected chi connectivity index (χ0v) is 9.80. The van der Waals surface area contributed by atoms with Crippen molar-refractivity contribution in [1.82, 2.24) is 10.2 Å². The van der Waals surface area contributed by atoms with Crippen molar-refractivity contribution < 1.29 is 4.74 Å². The smallest absolute Gasteiger partial charge is 0.233 e. The topological polar surface area (TPSA) is 35.0 Å². The molecule has 0 spiro atoms. The van der Waals surface area contributed by atoms with Crippen LogP contribution in [-0.2, 0) is 6.42 Å². The summed E-state index contributed by atoms with van der Waals surface area (Å²) >= 11 is 2.06. The van der Waals surface area contributed by atoms with E-state index in [0.717, 1.165) is 18.0 Å². The molecule has 0 N–H and O–H groups in total. The van der Waals surface area contributed by atoms with Gasteiger partial charge in [-0.05, 0) is 42.8 Å². The van der Waals surface area contributed by atoms with E-state index in [-0.39, 0.29) is 0 Å². The predicted octanol–water partition coefficient (Wildman–Crippen LogP) is 2.17. The van der Waals surface area contributed by atoms with Crippen LogP contribution in [0, 0.1) is 5.92 Å². The first kappa shape index (κ1) is 10.7. The molecule has 15 heavy (non-hydrogen) atoms. The summed E-state index contributed by atoms with van der Waals surface area (Å²) in [5, 5.41) is 8.14. The predicted molar refractivity (Wildman–Crippen MR) is 62.3 cm³/mol. The summed E-state index contributed by atoms with van der Waals surface area (Å²) in [6.07, 6.45) is 3.74. The molecule has 1 unspecified atom stereocenters. The molecule has 2 rings (SSSR count). The lowest BCUT2D eigenvalue weighted by atomic mass is 9.99. The van der Waals surface area contributed by atoms with Crippen LogP contribution in [-0.4, -0.2) is 28.8 Å². The van der Waals surface area contributed by atoms with Gasteiger partial charge in [-0.1, -0.05) is 0 Å². The minimum atomic E-state index is 0.594. The Morgan fingerprint density at radius 1 is 1.47 bits per heavy atom. The molecule has 0 amide bonds. The molecule has 3 nitrogen and oxygen atoms in total. The van der Waals surface area contributed by atoms with E-state index in [1.807, 2.05) is 12.1 Å². The molecular formula is C11H16N2OS. The van der Waals surface area contributed by atoms with Crippen molar-refractivity contribution in [1.29, 1.82) is 0 Å². The first-order valence-electron chi connectivity index (χ1n) is 5.33. The van der Waals surface area contributed by atoms with E-state index in [4.69, 9.17) is 4.74 Å². The Morgan fingerprint density at radius 2 is 2.40 bits per heavy atom. The highest BCUT2D eigenvalue weighted by Gasteiger charge is 2.14. The second kappa shape index (κ2) is 5.35. The maximum absolute atomic E-state index is 4.98. The average Bonchev–Trinajstić information content (AvgIpc) is 2.31. The van der Waals surface area contributed by atoms with Crippen LogP contribution in [0.2, 0.25) is 0 Å². The Morgan fingerprint density at radius 3 is 3.00 bits per heavy atom. The minimum absolute atomic E-state index is 0.594. The summed E-state index contributed by atoms with van der Waals surface area (Å²) in [4.78, 5) is 0. The molecule has 1 aromatic rings. The number of hydrogen-bond donors (Lipinski definition) is 0. The number of ether oxygens (including phenoxy) is 1. The van der Waals surface area contributed by atoms with Crippen LogP contribution >= 0.6 is 11.8 Å². The molecule has 0 aliphatic carbocycles. The number of rotatable bonds is 3. The van der Waals surface area contributed by atoms with E-state index in [9.17, 15) is 0 Å². The summed E-state index contributed by atoms with van der Waals surface area (Å²) in [5.74, 6) is 3.97. The van der Waals surface area contributed by atoms with Gasteiger partial charge in [0.2, 0.25) is 5.88 Å². The molecule has 1 aromatic heterocycles. The van der Waals surface area contributed by atoms with Crippen molar-refractivity contribution in [2.24, 2.45) is 5.92 Å². The number of methoxy groups -OCH3 is 1. The van der Waals surface area contributed by atoms with E-state index in [1.54, 1.807) is 7.11 Å². The Hall–Kier alpha value is -0.770. The maximum Gasteiger partial charge on any atom is 0.233 e. The fourth-order valence-electron chi connectivity index (χ4n) is 1.83. The second-order valence-corrected chi connectivity index (χ2v) is 5.00. The summed E-state index contributed by atoms with van der Waals surface area (Å²) in [7, 11) is 1.61. The third kappa shape index (κ3) is 3.09. The van der Waals surface area contributed by atoms with Gasteiger partial charge in [0.05, 0.1) is 12.8 Å². The highest BCUT2D eigenvalue weighted by atomic mass is 32.2. The van der Waals surface area contributed by atoms with Gasteiger partial charge in [0.25, 0.3) is 0 Å². The third-order valence-corrected chi connectivity index (χ3v) is 3.94. The third-order valence-electron chi connectivity index (χ3n) is 2.66. The van der Waals surface area contributed by atoms with Crippen LogP contribution in [0.4, 0.5) is 0 Å². The number of thioether (sulfide) groups is 1. The van der Waals surface area contributed by atoms with E-state index < -0.39 is 0 Å². The Kier molecular flexibility index (Phi) is 3.83. The highest BCUT2D eigenvalue weighted by Crippen LogP contribution is 2.25. The second-order valence-electron chi connectivity index (χ2n) is 3.85. The fraction of sp³-hybridized carbons (Fsp3) is 0.636. The molecule has 0 saturated carbocycles. The monoisotopic (exact) mass is 224 g/mol. The van der Waals surface area contributed by atoms with Crippen molar-refractivity contribution >= 4 is 11.8 Å². The van der Waals surface area contributed by atoms with Crippen LogP contribution in [0.25, 0.3) is 0 Å². The van der Waals surface area contributed by atoms with Gasteiger partial charge < -0.3 is 4.74 Å². The van der Waals surface area contributed by atoms with Crippen molar-refractivity contribution in [2.45, 2.75) is 19.3 Å². The lowest BCUT2D eigenvalue weighted by Gasteiger charge is -2.20. The quantitative estimate of drug-likeness (QED) is 0.788. The average molecular weight is 224 g/mol. The van der Waals surface area contributed by atoms with E-state index in [1.165, 1.54) is 24.3 Å². The van der Waals surface area contributed by atoms with Gasteiger partial charge in [-0.25, -0.2) is 0 Å². The zero-order chi connectivity index (χ0) is 10.5. The Balaban J connectivity index is 1.91. The molecule has 2 heterocycles. The van der Waals surface area contributed by atoms with Gasteiger partial charge >= 0.3 is 0 Å². The zero-order valence-electron chi connectivity index (χ0n) is 8.98. The van der Waals surface area contributed by atoms with Crippen LogP contribution in [0.3, 0.4) is 0 Å². The minimum Gasteiger partial charge on any atom is -0.480 e. The number of hydrogen-bond acceptors (Lipinski definition) is 4. The molecule has 4 heteroatoms. The normalized spacial score (nSPS) is 21.3. The van der Waals surface area contributed by atoms with Crippen LogP contribution in [0.5, 0.6) is 5.88 Å². The van der Waals surface area contributed by atoms with E-state index in [2.05, 4.69) is 22.0 Å². The summed E-state index contributed by atoms with van der Waals surface area (Å²) in [6, 6.07) is 3.91. The molecule has 0 radical (unpaired) electrons. The van der Waals surface area contributed by atoms with Gasteiger partial charge in [0, 0.05) is 6.07 Å². The molecule has 1 aliphatic heterocycles. The summed E-state index contributed by atoms with van der Waals surface area (Å²) in [5.41, 5.74) is 1.09. The Bertz CT molecular complexity index is 296. The van der Waals surface area contributed by atoms with Crippen LogP contribution < -0.4 is 4.74 Å². The van der Waals surface area contributed by atoms with Gasteiger partial charge in [0.15, 0.2) is 0 Å². The summed E-state index contributed by atoms with van der Waals surface area (Å²) < 4.78 is 4.98. The molecule has 0 bridgehead atoms.